The molecule has 2 unspecified atom stereocenters. The summed E-state index contributed by atoms with van der Waals surface area (Å²) in [6, 6.07) is -0.292. The van der Waals surface area contributed by atoms with Gasteiger partial charge in [0.2, 0.25) is 12.3 Å². The summed E-state index contributed by atoms with van der Waals surface area (Å²) in [5, 5.41) is 11.6. The van der Waals surface area contributed by atoms with Crippen LogP contribution in [0.2, 0.25) is 0 Å². The van der Waals surface area contributed by atoms with Gasteiger partial charge in [-0.2, -0.15) is 0 Å². The second-order valence-electron chi connectivity index (χ2n) is 4.82. The highest BCUT2D eigenvalue weighted by Crippen LogP contribution is 2.12. The minimum Gasteiger partial charge on any atom is -0.396 e. The largest absolute Gasteiger partial charge is 0.396 e. The van der Waals surface area contributed by atoms with Crippen molar-refractivity contribution in [2.24, 2.45) is 5.92 Å². The van der Waals surface area contributed by atoms with E-state index in [4.69, 9.17) is 5.11 Å². The van der Waals surface area contributed by atoms with Crippen molar-refractivity contribution < 1.29 is 14.7 Å². The number of aliphatic hydroxyl groups is 1. The van der Waals surface area contributed by atoms with E-state index in [0.29, 0.717) is 12.8 Å². The number of nitrogens with one attached hydrogen (secondary N) is 1. The van der Waals surface area contributed by atoms with E-state index in [0.717, 1.165) is 26.2 Å². The zero-order valence-electron chi connectivity index (χ0n) is 11.1. The van der Waals surface area contributed by atoms with E-state index < -0.39 is 0 Å². The Labute approximate surface area is 108 Å². The van der Waals surface area contributed by atoms with Crippen molar-refractivity contribution in [3.63, 3.8) is 0 Å². The molecular weight excluding hydrogens is 234 g/mol. The average Bonchev–Trinajstić information content (AvgIpc) is 2.38. The minimum absolute atomic E-state index is 0.0358. The number of likely N-dealkylation sites (N-methyl/N-ethyl adjacent to an activating group) is 1. The molecule has 1 aliphatic rings. The Bertz CT molecular complexity index is 278. The van der Waals surface area contributed by atoms with Crippen LogP contribution in [0, 0.1) is 5.92 Å². The predicted octanol–water partition coefficient (Wildman–Crippen LogP) is -1.11. The highest BCUT2D eigenvalue weighted by atomic mass is 16.3. The number of hydrogen-bond acceptors (Lipinski definition) is 4. The van der Waals surface area contributed by atoms with E-state index in [1.54, 1.807) is 6.92 Å². The molecule has 0 spiro atoms. The van der Waals surface area contributed by atoms with Crippen LogP contribution in [0.15, 0.2) is 0 Å². The maximum atomic E-state index is 12.3. The summed E-state index contributed by atoms with van der Waals surface area (Å²) < 4.78 is 0. The van der Waals surface area contributed by atoms with Gasteiger partial charge in [0.1, 0.15) is 0 Å². The average molecular weight is 257 g/mol. The molecule has 1 rings (SSSR count). The Morgan fingerprint density at radius 1 is 1.39 bits per heavy atom. The second kappa shape index (κ2) is 7.33. The van der Waals surface area contributed by atoms with Crippen LogP contribution in [0.5, 0.6) is 0 Å². The van der Waals surface area contributed by atoms with Crippen LogP contribution in [0.1, 0.15) is 13.3 Å². The van der Waals surface area contributed by atoms with Crippen molar-refractivity contribution in [1.82, 2.24) is 15.1 Å². The molecule has 2 amide bonds. The molecule has 2 N–H and O–H groups in total. The lowest BCUT2D eigenvalue weighted by molar-refractivity contribution is -0.137. The van der Waals surface area contributed by atoms with Gasteiger partial charge in [0.25, 0.3) is 0 Å². The van der Waals surface area contributed by atoms with E-state index in [-0.39, 0.29) is 24.5 Å². The predicted molar refractivity (Wildman–Crippen MR) is 67.9 cm³/mol. The summed E-state index contributed by atoms with van der Waals surface area (Å²) in [4.78, 5) is 26.8. The molecule has 0 aliphatic carbocycles. The first-order valence-electron chi connectivity index (χ1n) is 6.38. The van der Waals surface area contributed by atoms with Crippen molar-refractivity contribution in [3.05, 3.63) is 0 Å². The van der Waals surface area contributed by atoms with Crippen molar-refractivity contribution in [2.45, 2.75) is 19.4 Å². The molecule has 6 heteroatoms. The first-order chi connectivity index (χ1) is 8.60. The number of amides is 2. The minimum atomic E-state index is -0.300. The molecule has 18 heavy (non-hydrogen) atoms. The van der Waals surface area contributed by atoms with Crippen molar-refractivity contribution >= 4 is 12.3 Å². The van der Waals surface area contributed by atoms with Gasteiger partial charge < -0.3 is 20.2 Å². The topological polar surface area (TPSA) is 72.9 Å². The van der Waals surface area contributed by atoms with Crippen LogP contribution in [-0.2, 0) is 9.59 Å². The first-order valence-corrected chi connectivity index (χ1v) is 6.38. The lowest BCUT2D eigenvalue weighted by atomic mass is 9.97. The summed E-state index contributed by atoms with van der Waals surface area (Å²) in [6.45, 7) is 4.98. The normalized spacial score (nSPS) is 20.3. The number of piperazine rings is 1. The standard InChI is InChI=1S/C12H23N3O3/c1-10(11(3-8-16)13-9-17)12(18)15-6-4-14(2)5-7-15/h9-11,16H,3-8H2,1-2H3,(H,13,17). The van der Waals surface area contributed by atoms with Gasteiger partial charge in [-0.25, -0.2) is 0 Å². The molecular formula is C12H23N3O3. The molecule has 0 aromatic rings. The van der Waals surface area contributed by atoms with Gasteiger partial charge in [-0.1, -0.05) is 6.92 Å². The van der Waals surface area contributed by atoms with Crippen molar-refractivity contribution in [1.29, 1.82) is 0 Å². The zero-order chi connectivity index (χ0) is 13.5. The van der Waals surface area contributed by atoms with Gasteiger partial charge in [0, 0.05) is 38.8 Å². The Kier molecular flexibility index (Phi) is 6.07. The summed E-state index contributed by atoms with van der Waals surface area (Å²) in [5.41, 5.74) is 0. The molecule has 0 aromatic heterocycles. The van der Waals surface area contributed by atoms with Crippen LogP contribution in [-0.4, -0.2) is 73.1 Å². The van der Waals surface area contributed by atoms with Crippen LogP contribution >= 0.6 is 0 Å². The second-order valence-corrected chi connectivity index (χ2v) is 4.82. The molecule has 1 saturated heterocycles. The van der Waals surface area contributed by atoms with Gasteiger partial charge in [0.05, 0.1) is 5.92 Å². The van der Waals surface area contributed by atoms with Crippen LogP contribution in [0.25, 0.3) is 0 Å². The maximum absolute atomic E-state index is 12.3. The Balaban J connectivity index is 2.54. The Morgan fingerprint density at radius 3 is 2.50 bits per heavy atom. The number of hydrogen-bond donors (Lipinski definition) is 2. The number of carbonyl (C=O) groups excluding carboxylic acids is 2. The SMILES string of the molecule is CC(C(=O)N1CCN(C)CC1)C(CCO)NC=O. The number of aliphatic hydroxyl groups excluding tert-OH is 1. The lowest BCUT2D eigenvalue weighted by Gasteiger charge is -2.35. The van der Waals surface area contributed by atoms with E-state index >= 15 is 0 Å². The van der Waals surface area contributed by atoms with Crippen molar-refractivity contribution in [3.8, 4) is 0 Å². The van der Waals surface area contributed by atoms with Gasteiger partial charge in [-0.3, -0.25) is 9.59 Å². The fourth-order valence-electron chi connectivity index (χ4n) is 2.19. The highest BCUT2D eigenvalue weighted by molar-refractivity contribution is 5.79. The van der Waals surface area contributed by atoms with Crippen LogP contribution in [0.3, 0.4) is 0 Å². The smallest absolute Gasteiger partial charge is 0.227 e. The number of carbonyl (C=O) groups is 2. The number of rotatable bonds is 6. The zero-order valence-corrected chi connectivity index (χ0v) is 11.1. The monoisotopic (exact) mass is 257 g/mol. The third-order valence-corrected chi connectivity index (χ3v) is 3.53. The molecule has 1 aliphatic heterocycles. The Hall–Kier alpha value is -1.14. The first kappa shape index (κ1) is 14.9. The fraction of sp³-hybridized carbons (Fsp3) is 0.833. The lowest BCUT2D eigenvalue weighted by Crippen LogP contribution is -2.51. The van der Waals surface area contributed by atoms with Crippen LogP contribution < -0.4 is 5.32 Å². The summed E-state index contributed by atoms with van der Waals surface area (Å²) >= 11 is 0. The van der Waals surface area contributed by atoms with Gasteiger partial charge >= 0.3 is 0 Å². The third kappa shape index (κ3) is 3.96. The Morgan fingerprint density at radius 2 is 2.00 bits per heavy atom. The molecule has 1 heterocycles. The van der Waals surface area contributed by atoms with E-state index in [2.05, 4.69) is 10.2 Å². The molecule has 0 bridgehead atoms. The quantitative estimate of drug-likeness (QED) is 0.592. The maximum Gasteiger partial charge on any atom is 0.227 e. The molecule has 104 valence electrons. The van der Waals surface area contributed by atoms with Crippen molar-refractivity contribution in [2.75, 3.05) is 39.8 Å². The molecule has 6 nitrogen and oxygen atoms in total. The highest BCUT2D eigenvalue weighted by Gasteiger charge is 2.28. The molecule has 0 radical (unpaired) electrons. The fourth-order valence-corrected chi connectivity index (χ4v) is 2.19. The molecule has 1 fully saturated rings. The molecule has 2 atom stereocenters. The van der Waals surface area contributed by atoms with Gasteiger partial charge in [0.15, 0.2) is 0 Å². The van der Waals surface area contributed by atoms with Crippen LogP contribution in [0.4, 0.5) is 0 Å². The summed E-state index contributed by atoms with van der Waals surface area (Å²) in [7, 11) is 2.04. The molecule has 0 aromatic carbocycles. The van der Waals surface area contributed by atoms with Gasteiger partial charge in [-0.15, -0.1) is 0 Å². The number of nitrogens with zero attached hydrogens (tertiary/aromatic N) is 2. The van der Waals surface area contributed by atoms with E-state index in [1.807, 2.05) is 11.9 Å². The van der Waals surface area contributed by atoms with E-state index in [9.17, 15) is 9.59 Å². The summed E-state index contributed by atoms with van der Waals surface area (Å²) in [6.07, 6.45) is 0.994. The van der Waals surface area contributed by atoms with E-state index in [1.165, 1.54) is 0 Å². The van der Waals surface area contributed by atoms with Gasteiger partial charge in [-0.05, 0) is 13.5 Å². The summed E-state index contributed by atoms with van der Waals surface area (Å²) in [5.74, 6) is -0.248. The third-order valence-electron chi connectivity index (χ3n) is 3.53. The molecule has 0 saturated carbocycles.